The van der Waals surface area contributed by atoms with E-state index in [0.717, 1.165) is 32.1 Å². The summed E-state index contributed by atoms with van der Waals surface area (Å²) in [7, 11) is 0. The van der Waals surface area contributed by atoms with Crippen molar-refractivity contribution in [3.63, 3.8) is 0 Å². The topological polar surface area (TPSA) is 43.4 Å². The van der Waals surface area contributed by atoms with Crippen LogP contribution in [0.1, 0.15) is 206 Å². The van der Waals surface area contributed by atoms with Gasteiger partial charge in [-0.15, -0.1) is 0 Å². The van der Waals surface area contributed by atoms with Gasteiger partial charge >= 0.3 is 115 Å². The second-order valence-electron chi connectivity index (χ2n) is 11.9. The predicted molar refractivity (Wildman–Crippen MR) is 184 cm³/mol. The molecule has 0 heterocycles. The van der Waals surface area contributed by atoms with Gasteiger partial charge in [0.1, 0.15) is 0 Å². The van der Waals surface area contributed by atoms with Crippen molar-refractivity contribution in [3.05, 3.63) is 12.2 Å². The van der Waals surface area contributed by atoms with Crippen molar-refractivity contribution in [1.82, 2.24) is 0 Å². The summed E-state index contributed by atoms with van der Waals surface area (Å²) in [5.74, 6) is -0.666. The molecule has 0 aromatic heterocycles. The van der Waals surface area contributed by atoms with Crippen molar-refractivity contribution in [1.29, 1.82) is 0 Å². The number of unbranched alkanes of at least 4 members (excludes halogenated alkanes) is 25. The maximum absolute atomic E-state index is 11.9. The molecule has 0 aromatic carbocycles. The van der Waals surface area contributed by atoms with Gasteiger partial charge in [0.05, 0.1) is 0 Å². The minimum atomic E-state index is -0.335. The Morgan fingerprint density at radius 3 is 0.927 bits per heavy atom. The first-order chi connectivity index (χ1) is 19.2. The van der Waals surface area contributed by atoms with Crippen LogP contribution in [-0.2, 0) is 14.3 Å². The van der Waals surface area contributed by atoms with Crippen LogP contribution in [0.2, 0.25) is 0 Å². The van der Waals surface area contributed by atoms with E-state index in [0.29, 0.717) is 12.8 Å². The van der Waals surface area contributed by atoms with Crippen molar-refractivity contribution < 1.29 is 14.3 Å². The van der Waals surface area contributed by atoms with Crippen LogP contribution in [0, 0.1) is 0 Å². The fraction of sp³-hybridized carbons (Fsp3) is 0.889. The summed E-state index contributed by atoms with van der Waals surface area (Å²) < 4.78 is 5.00. The molecule has 0 amide bonds. The Kier molecular flexibility index (Phi) is 48.9. The van der Waals surface area contributed by atoms with Crippen LogP contribution >= 0.6 is 0 Å². The Labute approximate surface area is 342 Å². The predicted octanol–water partition coefficient (Wildman–Crippen LogP) is 11.1. The molecule has 0 aliphatic carbocycles. The molecule has 234 valence electrons. The van der Waals surface area contributed by atoms with Crippen molar-refractivity contribution in [3.8, 4) is 0 Å². The third-order valence-electron chi connectivity index (χ3n) is 7.85. The Bertz CT molecular complexity index is 551. The van der Waals surface area contributed by atoms with Crippen LogP contribution < -0.4 is 0 Å². The minimum absolute atomic E-state index is 0. The summed E-state index contributed by atoms with van der Waals surface area (Å²) in [5.41, 5.74) is 0. The summed E-state index contributed by atoms with van der Waals surface area (Å²) in [6, 6.07) is 0. The molecular formula is C36H70K2O3. The second kappa shape index (κ2) is 42.2. The molecule has 0 radical (unpaired) electrons. The molecule has 0 unspecified atom stereocenters. The zero-order chi connectivity index (χ0) is 28.5. The van der Waals surface area contributed by atoms with E-state index < -0.39 is 0 Å². The fourth-order valence-electron chi connectivity index (χ4n) is 5.21. The number of allylic oxidation sites excluding steroid dienone is 2. The van der Waals surface area contributed by atoms with Gasteiger partial charge in [-0.1, -0.05) is 167 Å². The van der Waals surface area contributed by atoms with Gasteiger partial charge in [-0.2, -0.15) is 0 Å². The standard InChI is InChI=1S/C36H68O3.2K.2H/c1-3-5-7-9-11-13-15-17-19-21-23-25-27-29-31-33-35(37)39-36(38)34-32-30-28-26-24-22-20-18-16-14-12-10-8-6-4-2;;;;/h17,19H,3-16,18,20-34H2,1-2H3;;;;/b19-17-;;;;. The van der Waals surface area contributed by atoms with Crippen LogP contribution in [0.25, 0.3) is 0 Å². The Morgan fingerprint density at radius 1 is 0.390 bits per heavy atom. The monoisotopic (exact) mass is 628 g/mol. The number of carbonyl (C=O) groups excluding carboxylic acids is 2. The molecule has 0 rings (SSSR count). The molecule has 0 saturated heterocycles. The van der Waals surface area contributed by atoms with E-state index in [4.69, 9.17) is 4.74 Å². The second-order valence-corrected chi connectivity index (χ2v) is 11.9. The van der Waals surface area contributed by atoms with Gasteiger partial charge in [0, 0.05) is 12.8 Å². The van der Waals surface area contributed by atoms with E-state index >= 15 is 0 Å². The molecule has 3 nitrogen and oxygen atoms in total. The maximum atomic E-state index is 11.9. The molecule has 0 fully saturated rings. The van der Waals surface area contributed by atoms with Crippen LogP contribution in [0.4, 0.5) is 0 Å². The van der Waals surface area contributed by atoms with Gasteiger partial charge in [0.25, 0.3) is 0 Å². The number of carbonyl (C=O) groups is 2. The average molecular weight is 629 g/mol. The fourth-order valence-corrected chi connectivity index (χ4v) is 5.21. The van der Waals surface area contributed by atoms with E-state index in [1.807, 2.05) is 0 Å². The number of esters is 2. The summed E-state index contributed by atoms with van der Waals surface area (Å²) in [6.45, 7) is 4.54. The normalized spacial score (nSPS) is 10.9. The van der Waals surface area contributed by atoms with Crippen molar-refractivity contribution in [2.24, 2.45) is 0 Å². The molecule has 41 heavy (non-hydrogen) atoms. The van der Waals surface area contributed by atoms with E-state index in [-0.39, 0.29) is 115 Å². The summed E-state index contributed by atoms with van der Waals surface area (Å²) >= 11 is 0. The van der Waals surface area contributed by atoms with Crippen LogP contribution in [0.15, 0.2) is 12.2 Å². The number of hydrogen-bond donors (Lipinski definition) is 0. The zero-order valence-electron chi connectivity index (χ0n) is 26.6. The molecule has 0 spiro atoms. The van der Waals surface area contributed by atoms with Crippen LogP contribution in [0.5, 0.6) is 0 Å². The van der Waals surface area contributed by atoms with Crippen LogP contribution in [0.3, 0.4) is 0 Å². The molecule has 0 saturated carbocycles. The Balaban J connectivity index is -0.00000722. The quantitative estimate of drug-likeness (QED) is 0.0252. The molecule has 0 aliphatic rings. The van der Waals surface area contributed by atoms with Crippen LogP contribution in [-0.4, -0.2) is 115 Å². The van der Waals surface area contributed by atoms with Crippen molar-refractivity contribution in [2.45, 2.75) is 206 Å². The number of hydrogen-bond acceptors (Lipinski definition) is 3. The van der Waals surface area contributed by atoms with Gasteiger partial charge in [-0.05, 0) is 38.5 Å². The van der Waals surface area contributed by atoms with Gasteiger partial charge in [0.15, 0.2) is 0 Å². The van der Waals surface area contributed by atoms with E-state index in [9.17, 15) is 9.59 Å². The molecule has 0 N–H and O–H groups in total. The number of ether oxygens (including phenoxy) is 1. The molecule has 5 heteroatoms. The molecule has 0 aromatic rings. The Hall–Kier alpha value is 2.15. The number of rotatable bonds is 31. The zero-order valence-corrected chi connectivity index (χ0v) is 26.6. The van der Waals surface area contributed by atoms with Gasteiger partial charge in [0.2, 0.25) is 0 Å². The van der Waals surface area contributed by atoms with E-state index in [1.165, 1.54) is 148 Å². The van der Waals surface area contributed by atoms with E-state index in [2.05, 4.69) is 26.0 Å². The molecule has 0 atom stereocenters. The summed E-state index contributed by atoms with van der Waals surface area (Å²) in [5, 5.41) is 0. The van der Waals surface area contributed by atoms with Gasteiger partial charge < -0.3 is 4.74 Å². The van der Waals surface area contributed by atoms with Crippen molar-refractivity contribution in [2.75, 3.05) is 0 Å². The first-order valence-corrected chi connectivity index (χ1v) is 17.6. The van der Waals surface area contributed by atoms with E-state index in [1.54, 1.807) is 0 Å². The first-order valence-electron chi connectivity index (χ1n) is 17.6. The SMILES string of the molecule is CCCCCCCC/C=C\CCCCCCCC(=O)OC(=O)CCCCCCCCCCCCCCCCC.[KH].[KH]. The van der Waals surface area contributed by atoms with Gasteiger partial charge in [-0.3, -0.25) is 9.59 Å². The van der Waals surface area contributed by atoms with Gasteiger partial charge in [-0.25, -0.2) is 0 Å². The summed E-state index contributed by atoms with van der Waals surface area (Å²) in [6.07, 6.45) is 41.2. The summed E-state index contributed by atoms with van der Waals surface area (Å²) in [4.78, 5) is 23.8. The Morgan fingerprint density at radius 2 is 0.634 bits per heavy atom. The molecule has 0 aliphatic heterocycles. The third kappa shape index (κ3) is 42.2. The first kappa shape index (κ1) is 47.6. The third-order valence-corrected chi connectivity index (χ3v) is 7.85. The van der Waals surface area contributed by atoms with Crippen molar-refractivity contribution >= 4 is 115 Å². The molecule has 0 bridgehead atoms. The molecular weight excluding hydrogens is 559 g/mol. The average Bonchev–Trinajstić information content (AvgIpc) is 2.93.